The summed E-state index contributed by atoms with van der Waals surface area (Å²) in [5, 5.41) is 10.5. The molecule has 3 heterocycles. The number of carbonyl (C=O) groups is 1. The predicted molar refractivity (Wildman–Crippen MR) is 109 cm³/mol. The first-order valence-corrected chi connectivity index (χ1v) is 12.6. The number of aryl methyl sites for hydroxylation is 1. The summed E-state index contributed by atoms with van der Waals surface area (Å²) in [5.41, 5.74) is 0.819. The molecule has 0 saturated heterocycles. The fourth-order valence-corrected chi connectivity index (χ4v) is 4.20. The summed E-state index contributed by atoms with van der Waals surface area (Å²) in [5.74, 6) is -0.418. The second kappa shape index (κ2) is 8.01. The van der Waals surface area contributed by atoms with E-state index in [0.717, 1.165) is 16.6 Å². The Kier molecular flexibility index (Phi) is 5.94. The van der Waals surface area contributed by atoms with Gasteiger partial charge < -0.3 is 5.32 Å². The zero-order valence-electron chi connectivity index (χ0n) is 15.9. The fourth-order valence-electron chi connectivity index (χ4n) is 2.54. The average Bonchev–Trinajstić information content (AvgIpc) is 3.18. The van der Waals surface area contributed by atoms with Crippen LogP contribution in [0.3, 0.4) is 0 Å². The third-order valence-electron chi connectivity index (χ3n) is 3.74. The smallest absolute Gasteiger partial charge is 0.264 e. The number of amides is 1. The highest BCUT2D eigenvalue weighted by atomic mass is 79.9. The second-order valence-corrected chi connectivity index (χ2v) is 10.3. The first kappa shape index (κ1) is 22.3. The Balaban J connectivity index is 1.93. The Morgan fingerprint density at radius 2 is 1.93 bits per heavy atom. The Hall–Kier alpha value is -2.43. The minimum absolute atomic E-state index is 0.0488. The Bertz CT molecular complexity index is 1350. The molecule has 0 saturated carbocycles. The number of hydrogen-bond donors (Lipinski definition) is 1. The van der Waals surface area contributed by atoms with Gasteiger partial charge >= 0.3 is 0 Å². The molecule has 3 rings (SSSR count). The lowest BCUT2D eigenvalue weighted by Gasteiger charge is -2.07. The van der Waals surface area contributed by atoms with Crippen molar-refractivity contribution in [3.8, 4) is 11.5 Å². The maximum Gasteiger partial charge on any atom is 0.264 e. The van der Waals surface area contributed by atoms with Gasteiger partial charge in [0.15, 0.2) is 10.4 Å². The van der Waals surface area contributed by atoms with Crippen molar-refractivity contribution in [2.75, 3.05) is 25.7 Å². The molecule has 0 aliphatic carbocycles. The number of carbonyl (C=O) groups excluding carboxylic acids is 1. The van der Waals surface area contributed by atoms with Crippen LogP contribution in [0.15, 0.2) is 17.0 Å². The monoisotopic (exact) mass is 521 g/mol. The molecule has 0 unspecified atom stereocenters. The molecule has 162 valence electrons. The highest BCUT2D eigenvalue weighted by Gasteiger charge is 2.23. The average molecular weight is 522 g/mol. The van der Waals surface area contributed by atoms with Crippen LogP contribution in [-0.4, -0.2) is 77.3 Å². The molecule has 13 nitrogen and oxygen atoms in total. The molecule has 0 radical (unpaired) electrons. The van der Waals surface area contributed by atoms with Gasteiger partial charge in [-0.25, -0.2) is 18.4 Å². The molecule has 0 atom stereocenters. The van der Waals surface area contributed by atoms with Crippen molar-refractivity contribution in [3.63, 3.8) is 0 Å². The van der Waals surface area contributed by atoms with Crippen LogP contribution in [0.25, 0.3) is 22.6 Å². The van der Waals surface area contributed by atoms with Crippen LogP contribution in [0.4, 0.5) is 0 Å². The Morgan fingerprint density at radius 1 is 1.23 bits per heavy atom. The van der Waals surface area contributed by atoms with E-state index < -0.39 is 26.0 Å². The zero-order valence-corrected chi connectivity index (χ0v) is 19.1. The molecule has 0 fully saturated rings. The zero-order chi connectivity index (χ0) is 22.3. The van der Waals surface area contributed by atoms with Gasteiger partial charge in [-0.15, -0.1) is 5.10 Å². The summed E-state index contributed by atoms with van der Waals surface area (Å²) in [4.78, 5) is 21.0. The largest absolute Gasteiger partial charge is 0.350 e. The maximum absolute atomic E-state index is 12.5. The predicted octanol–water partition coefficient (Wildman–Crippen LogP) is -0.497. The van der Waals surface area contributed by atoms with Crippen molar-refractivity contribution < 1.29 is 25.8 Å². The third kappa shape index (κ3) is 4.66. The van der Waals surface area contributed by atoms with E-state index in [9.17, 15) is 21.6 Å². The van der Waals surface area contributed by atoms with E-state index in [0.29, 0.717) is 0 Å². The van der Waals surface area contributed by atoms with Gasteiger partial charge in [0, 0.05) is 13.6 Å². The number of rotatable bonds is 7. The van der Waals surface area contributed by atoms with Gasteiger partial charge in [0.05, 0.1) is 37.1 Å². The van der Waals surface area contributed by atoms with Crippen LogP contribution >= 0.6 is 15.9 Å². The summed E-state index contributed by atoms with van der Waals surface area (Å²) in [6.07, 6.45) is 4.50. The number of hydrogen-bond acceptors (Lipinski definition) is 10. The van der Waals surface area contributed by atoms with Crippen LogP contribution in [-0.2, 0) is 31.4 Å². The summed E-state index contributed by atoms with van der Waals surface area (Å²) in [7, 11) is -5.69. The van der Waals surface area contributed by atoms with Gasteiger partial charge in [0.25, 0.3) is 26.0 Å². The molecule has 3 aromatic heterocycles. The van der Waals surface area contributed by atoms with E-state index in [2.05, 4.69) is 45.6 Å². The molecule has 0 aliphatic heterocycles. The minimum Gasteiger partial charge on any atom is -0.350 e. The first-order valence-electron chi connectivity index (χ1n) is 8.15. The molecule has 0 bridgehead atoms. The van der Waals surface area contributed by atoms with E-state index in [1.165, 1.54) is 17.1 Å². The van der Waals surface area contributed by atoms with E-state index in [1.54, 1.807) is 7.05 Å². The third-order valence-corrected chi connectivity index (χ3v) is 5.78. The fraction of sp³-hybridized carbons (Fsp3) is 0.357. The van der Waals surface area contributed by atoms with Gasteiger partial charge in [-0.1, -0.05) is 0 Å². The van der Waals surface area contributed by atoms with Crippen molar-refractivity contribution in [1.29, 1.82) is 0 Å². The van der Waals surface area contributed by atoms with Crippen LogP contribution in [0, 0.1) is 0 Å². The summed E-state index contributed by atoms with van der Waals surface area (Å²) in [6, 6.07) is 0. The highest BCUT2D eigenvalue weighted by Crippen LogP contribution is 2.26. The lowest BCUT2D eigenvalue weighted by atomic mass is 10.2. The van der Waals surface area contributed by atoms with Crippen LogP contribution in [0.1, 0.15) is 10.4 Å². The molecular weight excluding hydrogens is 506 g/mol. The van der Waals surface area contributed by atoms with Gasteiger partial charge in [-0.05, 0) is 15.9 Å². The van der Waals surface area contributed by atoms with E-state index in [-0.39, 0.29) is 45.9 Å². The molecule has 30 heavy (non-hydrogen) atoms. The lowest BCUT2D eigenvalue weighted by molar-refractivity contribution is 0.0947. The van der Waals surface area contributed by atoms with E-state index in [1.807, 2.05) is 0 Å². The van der Waals surface area contributed by atoms with Crippen molar-refractivity contribution in [2.45, 2.75) is 0 Å². The molecule has 1 amide bonds. The molecule has 0 aliphatic rings. The Labute approximate surface area is 179 Å². The number of nitrogens with zero attached hydrogens (tertiary/aromatic N) is 6. The normalized spacial score (nSPS) is 12.4. The molecule has 16 heteroatoms. The van der Waals surface area contributed by atoms with Crippen LogP contribution < -0.4 is 5.32 Å². The molecule has 1 N–H and O–H groups in total. The SMILES string of the molecule is Cn1ncc(C(=O)NCCOS(C)(=O)=O)c1-c1ncc2c(n1)c(Br)nn2S(C)(=O)=O. The Morgan fingerprint density at radius 3 is 2.57 bits per heavy atom. The molecule has 3 aromatic rings. The number of halogens is 1. The lowest BCUT2D eigenvalue weighted by Crippen LogP contribution is -2.28. The standard InChI is InChI=1S/C14H16BrN7O6S2/c1-21-11(8(6-18-21)14(23)16-4-5-28-30(3,26)27)13-17-7-9-10(19-13)12(15)20-22(9)29(2,24)25/h6-7H,4-5H2,1-3H3,(H,16,23). The highest BCUT2D eigenvalue weighted by molar-refractivity contribution is 9.10. The van der Waals surface area contributed by atoms with Crippen LogP contribution in [0.5, 0.6) is 0 Å². The molecule has 0 spiro atoms. The summed E-state index contributed by atoms with van der Waals surface area (Å²) in [6.45, 7) is -0.271. The van der Waals surface area contributed by atoms with Gasteiger partial charge in [0.1, 0.15) is 16.7 Å². The number of aromatic nitrogens is 6. The van der Waals surface area contributed by atoms with Crippen LogP contribution in [0.2, 0.25) is 0 Å². The van der Waals surface area contributed by atoms with Gasteiger partial charge in [-0.2, -0.15) is 17.6 Å². The molecular formula is C14H16BrN7O6S2. The van der Waals surface area contributed by atoms with Gasteiger partial charge in [-0.3, -0.25) is 13.7 Å². The van der Waals surface area contributed by atoms with Crippen molar-refractivity contribution >= 4 is 53.0 Å². The van der Waals surface area contributed by atoms with Crippen molar-refractivity contribution in [2.24, 2.45) is 7.05 Å². The summed E-state index contributed by atoms with van der Waals surface area (Å²) < 4.78 is 52.6. The van der Waals surface area contributed by atoms with Gasteiger partial charge in [0.2, 0.25) is 0 Å². The topological polar surface area (TPSA) is 168 Å². The van der Waals surface area contributed by atoms with E-state index >= 15 is 0 Å². The first-order chi connectivity index (χ1) is 13.9. The van der Waals surface area contributed by atoms with E-state index in [4.69, 9.17) is 0 Å². The maximum atomic E-state index is 12.5. The minimum atomic E-state index is -3.67. The second-order valence-electron chi connectivity index (χ2n) is 6.14. The van der Waals surface area contributed by atoms with Crippen molar-refractivity contribution in [3.05, 3.63) is 22.6 Å². The number of nitrogens with one attached hydrogen (secondary N) is 1. The molecule has 0 aromatic carbocycles. The van der Waals surface area contributed by atoms with Crippen molar-refractivity contribution in [1.82, 2.24) is 34.3 Å². The summed E-state index contributed by atoms with van der Waals surface area (Å²) >= 11 is 3.18. The quantitative estimate of drug-likeness (QED) is 0.316. The number of fused-ring (bicyclic) bond motifs is 1.